The molecule has 0 fully saturated rings. The second-order valence-corrected chi connectivity index (χ2v) is 3.15. The Hall–Kier alpha value is -1.49. The molecule has 0 saturated heterocycles. The fourth-order valence-electron chi connectivity index (χ4n) is 0.752. The second kappa shape index (κ2) is 3.94. The molecule has 1 rings (SSSR count). The number of alkyl halides is 3. The predicted molar refractivity (Wildman–Crippen MR) is 45.0 cm³/mol. The fraction of sp³-hybridized carbons (Fsp3) is 0.143. The lowest BCUT2D eigenvalue weighted by atomic mass is 10.3. The summed E-state index contributed by atoms with van der Waals surface area (Å²) in [6.45, 7) is 0. The van der Waals surface area contributed by atoms with E-state index in [0.29, 0.717) is 0 Å². The third kappa shape index (κ3) is 2.73. The first-order valence-electron chi connectivity index (χ1n) is 3.38. The topological polar surface area (TPSA) is 66.1 Å². The van der Waals surface area contributed by atoms with Crippen LogP contribution in [0.4, 0.5) is 13.2 Å². The Morgan fingerprint density at radius 3 is 2.60 bits per heavy atom. The molecule has 0 aliphatic rings. The molecule has 0 aliphatic heterocycles. The largest absolute Gasteiger partial charge is 0.574 e. The summed E-state index contributed by atoms with van der Waals surface area (Å²) in [7, 11) is 0. The summed E-state index contributed by atoms with van der Waals surface area (Å²) >= 11 is 2.84. The van der Waals surface area contributed by atoms with Gasteiger partial charge in [0.2, 0.25) is 0 Å². The maximum absolute atomic E-state index is 11.8. The molecule has 1 N–H and O–H groups in total. The third-order valence-electron chi connectivity index (χ3n) is 1.30. The first-order chi connectivity index (χ1) is 6.85. The van der Waals surface area contributed by atoms with Gasteiger partial charge in [-0.1, -0.05) is 0 Å². The van der Waals surface area contributed by atoms with E-state index in [2.05, 4.69) is 25.7 Å². The van der Waals surface area contributed by atoms with Crippen LogP contribution in [0, 0.1) is 11.3 Å². The average Bonchev–Trinajstić information content (AvgIpc) is 2.09. The van der Waals surface area contributed by atoms with Gasteiger partial charge in [-0.15, -0.1) is 13.2 Å². The molecule has 0 aliphatic carbocycles. The zero-order chi connectivity index (χ0) is 11.6. The highest BCUT2D eigenvalue weighted by Gasteiger charge is 2.33. The van der Waals surface area contributed by atoms with Gasteiger partial charge >= 0.3 is 6.36 Å². The van der Waals surface area contributed by atoms with E-state index in [1.165, 1.54) is 6.07 Å². The van der Waals surface area contributed by atoms with E-state index in [1.54, 1.807) is 0 Å². The molecule has 1 aromatic heterocycles. The summed E-state index contributed by atoms with van der Waals surface area (Å²) in [6.07, 6.45) is -4.04. The van der Waals surface area contributed by atoms with Crippen LogP contribution >= 0.6 is 15.9 Å². The van der Waals surface area contributed by atoms with Gasteiger partial charge in [-0.2, -0.15) is 5.26 Å². The average molecular weight is 283 g/mol. The number of ether oxygens (including phenoxy) is 1. The second-order valence-electron chi connectivity index (χ2n) is 2.29. The van der Waals surface area contributed by atoms with Gasteiger partial charge in [0, 0.05) is 6.20 Å². The molecular weight excluding hydrogens is 281 g/mol. The number of hydrogen-bond acceptors (Lipinski definition) is 4. The lowest BCUT2D eigenvalue weighted by Gasteiger charge is -2.09. The highest BCUT2D eigenvalue weighted by Crippen LogP contribution is 2.34. The van der Waals surface area contributed by atoms with Gasteiger partial charge in [0.1, 0.15) is 11.6 Å². The molecule has 1 heterocycles. The van der Waals surface area contributed by atoms with Crippen molar-refractivity contribution in [3.05, 3.63) is 16.2 Å². The molecule has 1 aromatic rings. The van der Waals surface area contributed by atoms with Crippen LogP contribution in [0.15, 0.2) is 10.7 Å². The lowest BCUT2D eigenvalue weighted by Crippen LogP contribution is -2.18. The Morgan fingerprint density at radius 2 is 2.13 bits per heavy atom. The summed E-state index contributed by atoms with van der Waals surface area (Å²) in [5.74, 6) is -2.01. The van der Waals surface area contributed by atoms with Crippen molar-refractivity contribution in [3.8, 4) is 17.7 Å². The molecule has 4 nitrogen and oxygen atoms in total. The Bertz CT molecular complexity index is 427. The molecule has 15 heavy (non-hydrogen) atoms. The van der Waals surface area contributed by atoms with Crippen LogP contribution in [0.5, 0.6) is 11.6 Å². The molecule has 0 saturated carbocycles. The number of aromatic hydroxyl groups is 1. The molecule has 0 bridgehead atoms. The van der Waals surface area contributed by atoms with E-state index in [0.717, 1.165) is 6.20 Å². The Kier molecular flexibility index (Phi) is 3.04. The van der Waals surface area contributed by atoms with Gasteiger partial charge < -0.3 is 9.84 Å². The van der Waals surface area contributed by atoms with Crippen LogP contribution in [0.3, 0.4) is 0 Å². The standard InChI is InChI=1S/C7H2BrF3N2O2/c8-4-2-13-6(15-7(9,10)11)5(14)3(4)1-12/h2,14H. The van der Waals surface area contributed by atoms with Crippen LogP contribution in [0.1, 0.15) is 5.56 Å². The van der Waals surface area contributed by atoms with Crippen LogP contribution in [0.2, 0.25) is 0 Å². The number of halogens is 4. The van der Waals surface area contributed by atoms with E-state index in [1.807, 2.05) is 0 Å². The van der Waals surface area contributed by atoms with Crippen molar-refractivity contribution in [1.29, 1.82) is 5.26 Å². The number of nitrogens with zero attached hydrogens (tertiary/aromatic N) is 2. The fourth-order valence-corrected chi connectivity index (χ4v) is 1.13. The normalized spacial score (nSPS) is 10.9. The number of rotatable bonds is 1. The van der Waals surface area contributed by atoms with E-state index >= 15 is 0 Å². The van der Waals surface area contributed by atoms with Crippen molar-refractivity contribution in [1.82, 2.24) is 4.98 Å². The molecule has 0 aromatic carbocycles. The number of nitriles is 1. The summed E-state index contributed by atoms with van der Waals surface area (Å²) in [4.78, 5) is 3.18. The van der Waals surface area contributed by atoms with E-state index in [4.69, 9.17) is 5.26 Å². The maximum Gasteiger partial charge on any atom is 0.574 e. The van der Waals surface area contributed by atoms with Crippen molar-refractivity contribution in [3.63, 3.8) is 0 Å². The van der Waals surface area contributed by atoms with Crippen LogP contribution in [0.25, 0.3) is 0 Å². The van der Waals surface area contributed by atoms with Crippen molar-refractivity contribution in [2.75, 3.05) is 0 Å². The molecular formula is C7H2BrF3N2O2. The number of pyridine rings is 1. The zero-order valence-corrected chi connectivity index (χ0v) is 8.43. The zero-order valence-electron chi connectivity index (χ0n) is 6.84. The molecule has 0 unspecified atom stereocenters. The Labute approximate surface area is 90.0 Å². The van der Waals surface area contributed by atoms with Crippen molar-refractivity contribution < 1.29 is 23.0 Å². The van der Waals surface area contributed by atoms with Gasteiger partial charge in [-0.05, 0) is 15.9 Å². The van der Waals surface area contributed by atoms with Crippen LogP contribution in [-0.4, -0.2) is 16.5 Å². The van der Waals surface area contributed by atoms with E-state index < -0.39 is 18.0 Å². The summed E-state index contributed by atoms with van der Waals surface area (Å²) in [5.41, 5.74) is -0.371. The summed E-state index contributed by atoms with van der Waals surface area (Å²) < 4.78 is 38.8. The lowest BCUT2D eigenvalue weighted by molar-refractivity contribution is -0.276. The summed E-state index contributed by atoms with van der Waals surface area (Å²) in [6, 6.07) is 1.51. The monoisotopic (exact) mass is 282 g/mol. The van der Waals surface area contributed by atoms with Crippen LogP contribution in [-0.2, 0) is 0 Å². The van der Waals surface area contributed by atoms with E-state index in [9.17, 15) is 18.3 Å². The van der Waals surface area contributed by atoms with Gasteiger partial charge in [-0.25, -0.2) is 4.98 Å². The Balaban J connectivity index is 3.18. The third-order valence-corrected chi connectivity index (χ3v) is 1.90. The molecule has 80 valence electrons. The smallest absolute Gasteiger partial charge is 0.502 e. The molecule has 0 atom stereocenters. The van der Waals surface area contributed by atoms with Gasteiger partial charge in [-0.3, -0.25) is 0 Å². The minimum atomic E-state index is -4.97. The molecule has 0 spiro atoms. The molecule has 8 heteroatoms. The first-order valence-corrected chi connectivity index (χ1v) is 4.17. The minimum absolute atomic E-state index is 0.0806. The van der Waals surface area contributed by atoms with Crippen molar-refractivity contribution in [2.24, 2.45) is 0 Å². The van der Waals surface area contributed by atoms with Crippen molar-refractivity contribution >= 4 is 15.9 Å². The van der Waals surface area contributed by atoms with Crippen molar-refractivity contribution in [2.45, 2.75) is 6.36 Å². The minimum Gasteiger partial charge on any atom is -0.502 e. The van der Waals surface area contributed by atoms with Gasteiger partial charge in [0.05, 0.1) is 4.47 Å². The molecule has 0 radical (unpaired) electrons. The Morgan fingerprint density at radius 1 is 1.53 bits per heavy atom. The number of aromatic nitrogens is 1. The summed E-state index contributed by atoms with van der Waals surface area (Å²) in [5, 5.41) is 17.7. The van der Waals surface area contributed by atoms with Gasteiger partial charge in [0.25, 0.3) is 5.88 Å². The van der Waals surface area contributed by atoms with Gasteiger partial charge in [0.15, 0.2) is 5.75 Å². The van der Waals surface area contributed by atoms with E-state index in [-0.39, 0.29) is 10.0 Å². The highest BCUT2D eigenvalue weighted by atomic mass is 79.9. The number of hydrogen-bond donors (Lipinski definition) is 1. The SMILES string of the molecule is N#Cc1c(Br)cnc(OC(F)(F)F)c1O. The first kappa shape index (κ1) is 11.6. The maximum atomic E-state index is 11.8. The predicted octanol–water partition coefficient (Wildman–Crippen LogP) is 2.32. The van der Waals surface area contributed by atoms with Crippen LogP contribution < -0.4 is 4.74 Å². The highest BCUT2D eigenvalue weighted by molar-refractivity contribution is 9.10. The quantitative estimate of drug-likeness (QED) is 0.858. The molecule has 0 amide bonds.